The highest BCUT2D eigenvalue weighted by Crippen LogP contribution is 2.50. The van der Waals surface area contributed by atoms with Crippen LogP contribution in [0.25, 0.3) is 0 Å². The lowest BCUT2D eigenvalue weighted by atomic mass is 10.1. The molecule has 152 valence electrons. The highest BCUT2D eigenvalue weighted by atomic mass is 16.6. The zero-order chi connectivity index (χ0) is 20.4. The number of ether oxygens (including phenoxy) is 4. The molecule has 1 fully saturated rings. The van der Waals surface area contributed by atoms with E-state index in [1.807, 2.05) is 6.07 Å². The van der Waals surface area contributed by atoms with Crippen molar-refractivity contribution in [2.45, 2.75) is 12.3 Å². The number of nitrogens with zero attached hydrogens (tertiary/aromatic N) is 1. The summed E-state index contributed by atoms with van der Waals surface area (Å²) in [5, 5.41) is 28.1. The summed E-state index contributed by atoms with van der Waals surface area (Å²) in [5.41, 5.74) is 0.807. The summed E-state index contributed by atoms with van der Waals surface area (Å²) in [4.78, 5) is 12.0. The van der Waals surface area contributed by atoms with Crippen LogP contribution in [0.15, 0.2) is 29.8 Å². The van der Waals surface area contributed by atoms with Crippen LogP contribution in [0.4, 0.5) is 0 Å². The zero-order valence-corrected chi connectivity index (χ0v) is 15.8. The first kappa shape index (κ1) is 21.7. The molecule has 8 heteroatoms. The van der Waals surface area contributed by atoms with E-state index in [0.29, 0.717) is 26.4 Å². The van der Waals surface area contributed by atoms with Crippen LogP contribution in [0.5, 0.6) is 11.5 Å². The van der Waals surface area contributed by atoms with Gasteiger partial charge >= 0.3 is 5.97 Å². The fourth-order valence-electron chi connectivity index (χ4n) is 2.65. The average Bonchev–Trinajstić information content (AvgIpc) is 3.46. The number of nitriles is 1. The van der Waals surface area contributed by atoms with Crippen LogP contribution < -0.4 is 0 Å². The van der Waals surface area contributed by atoms with Crippen LogP contribution in [0.2, 0.25) is 0 Å². The quantitative estimate of drug-likeness (QED) is 0.182. The van der Waals surface area contributed by atoms with Crippen molar-refractivity contribution in [3.05, 3.63) is 35.4 Å². The molecular weight excluding hydrogens is 366 g/mol. The van der Waals surface area contributed by atoms with Gasteiger partial charge in [0.15, 0.2) is 11.5 Å². The second kappa shape index (κ2) is 11.3. The van der Waals surface area contributed by atoms with Gasteiger partial charge in [0.25, 0.3) is 0 Å². The van der Waals surface area contributed by atoms with Gasteiger partial charge in [-0.1, -0.05) is 12.1 Å². The van der Waals surface area contributed by atoms with Gasteiger partial charge in [0.1, 0.15) is 18.2 Å². The number of phenols is 2. The Morgan fingerprint density at radius 2 is 1.82 bits per heavy atom. The van der Waals surface area contributed by atoms with E-state index >= 15 is 0 Å². The Bertz CT molecular complexity index is 726. The first-order valence-corrected chi connectivity index (χ1v) is 9.02. The third-order valence-corrected chi connectivity index (χ3v) is 4.25. The highest BCUT2D eigenvalue weighted by molar-refractivity contribution is 5.92. The molecular formula is C20H25NO7. The topological polar surface area (TPSA) is 118 Å². The fraction of sp³-hybridized carbons (Fsp3) is 0.500. The molecule has 2 unspecified atom stereocenters. The fourth-order valence-corrected chi connectivity index (χ4v) is 2.65. The number of phenolic OH excluding ortho intramolecular Hbond substituents is 2. The van der Waals surface area contributed by atoms with E-state index in [4.69, 9.17) is 18.9 Å². The molecule has 1 aromatic rings. The maximum Gasteiger partial charge on any atom is 0.348 e. The van der Waals surface area contributed by atoms with Crippen molar-refractivity contribution in [1.82, 2.24) is 0 Å². The summed E-state index contributed by atoms with van der Waals surface area (Å²) in [7, 11) is 1.60. The van der Waals surface area contributed by atoms with E-state index in [9.17, 15) is 20.3 Å². The van der Waals surface area contributed by atoms with E-state index in [1.165, 1.54) is 12.1 Å². The SMILES string of the molecule is COCCOCCOCCOC(=O)/C(C#N)=C/C1CC1c1ccc(O)c(O)c1. The molecule has 0 aliphatic heterocycles. The Hall–Kier alpha value is -2.60. The Kier molecular flexibility index (Phi) is 8.75. The van der Waals surface area contributed by atoms with Crippen LogP contribution in [-0.2, 0) is 23.7 Å². The number of benzene rings is 1. The number of rotatable bonds is 12. The van der Waals surface area contributed by atoms with Gasteiger partial charge in [0, 0.05) is 7.11 Å². The Morgan fingerprint density at radius 3 is 2.46 bits per heavy atom. The van der Waals surface area contributed by atoms with Gasteiger partial charge in [0.2, 0.25) is 0 Å². The molecule has 1 aromatic carbocycles. The van der Waals surface area contributed by atoms with E-state index in [-0.39, 0.29) is 42.1 Å². The first-order valence-electron chi connectivity index (χ1n) is 9.02. The largest absolute Gasteiger partial charge is 0.504 e. The van der Waals surface area contributed by atoms with E-state index in [2.05, 4.69) is 0 Å². The van der Waals surface area contributed by atoms with Gasteiger partial charge in [0.05, 0.1) is 33.0 Å². The molecule has 1 saturated carbocycles. The number of carbonyl (C=O) groups is 1. The number of allylic oxidation sites excluding steroid dienone is 1. The van der Waals surface area contributed by atoms with Crippen molar-refractivity contribution >= 4 is 5.97 Å². The number of hydrogen-bond donors (Lipinski definition) is 2. The third kappa shape index (κ3) is 6.85. The zero-order valence-electron chi connectivity index (χ0n) is 15.8. The lowest BCUT2D eigenvalue weighted by Crippen LogP contribution is -2.14. The van der Waals surface area contributed by atoms with Gasteiger partial charge < -0.3 is 29.2 Å². The molecule has 0 amide bonds. The molecule has 0 aromatic heterocycles. The monoisotopic (exact) mass is 391 g/mol. The summed E-state index contributed by atoms with van der Waals surface area (Å²) < 4.78 is 20.4. The summed E-state index contributed by atoms with van der Waals surface area (Å²) in [6, 6.07) is 6.50. The summed E-state index contributed by atoms with van der Waals surface area (Å²) >= 11 is 0. The first-order chi connectivity index (χ1) is 13.6. The van der Waals surface area contributed by atoms with Gasteiger partial charge in [-0.25, -0.2) is 4.79 Å². The van der Waals surface area contributed by atoms with Crippen LogP contribution in [0, 0.1) is 17.2 Å². The van der Waals surface area contributed by atoms with E-state index < -0.39 is 5.97 Å². The Morgan fingerprint density at radius 1 is 1.14 bits per heavy atom. The van der Waals surface area contributed by atoms with Crippen LogP contribution in [-0.4, -0.2) is 62.9 Å². The highest BCUT2D eigenvalue weighted by Gasteiger charge is 2.38. The van der Waals surface area contributed by atoms with Crippen molar-refractivity contribution in [3.8, 4) is 17.6 Å². The lowest BCUT2D eigenvalue weighted by molar-refractivity contribution is -0.140. The molecule has 0 spiro atoms. The molecule has 8 nitrogen and oxygen atoms in total. The molecule has 28 heavy (non-hydrogen) atoms. The summed E-state index contributed by atoms with van der Waals surface area (Å²) in [6.45, 7) is 2.10. The van der Waals surface area contributed by atoms with Crippen molar-refractivity contribution in [2.24, 2.45) is 5.92 Å². The normalized spacial score (nSPS) is 18.5. The molecule has 0 bridgehead atoms. The Labute approximate surface area is 163 Å². The van der Waals surface area contributed by atoms with Crippen LogP contribution in [0.1, 0.15) is 17.9 Å². The summed E-state index contributed by atoms with van der Waals surface area (Å²) in [6.07, 6.45) is 2.36. The van der Waals surface area contributed by atoms with Gasteiger partial charge in [-0.05, 0) is 36.0 Å². The molecule has 2 rings (SSSR count). The predicted molar refractivity (Wildman–Crippen MR) is 98.8 cm³/mol. The molecule has 1 aliphatic carbocycles. The number of methoxy groups -OCH3 is 1. The van der Waals surface area contributed by atoms with Crippen molar-refractivity contribution in [1.29, 1.82) is 5.26 Å². The molecule has 0 radical (unpaired) electrons. The number of aromatic hydroxyl groups is 2. The lowest BCUT2D eigenvalue weighted by Gasteiger charge is -2.06. The minimum atomic E-state index is -0.679. The van der Waals surface area contributed by atoms with Gasteiger partial charge in [-0.3, -0.25) is 0 Å². The number of esters is 1. The van der Waals surface area contributed by atoms with Gasteiger partial charge in [-0.15, -0.1) is 0 Å². The smallest absolute Gasteiger partial charge is 0.348 e. The maximum atomic E-state index is 12.0. The minimum absolute atomic E-state index is 0.0200. The predicted octanol–water partition coefficient (Wildman–Crippen LogP) is 1.87. The molecule has 2 N–H and O–H groups in total. The number of hydrogen-bond acceptors (Lipinski definition) is 8. The van der Waals surface area contributed by atoms with Crippen molar-refractivity contribution in [2.75, 3.05) is 46.8 Å². The molecule has 2 atom stereocenters. The average molecular weight is 391 g/mol. The molecule has 1 aliphatic rings. The summed E-state index contributed by atoms with van der Waals surface area (Å²) in [5.74, 6) is -0.921. The van der Waals surface area contributed by atoms with Crippen molar-refractivity contribution in [3.63, 3.8) is 0 Å². The minimum Gasteiger partial charge on any atom is -0.504 e. The second-order valence-electron chi connectivity index (χ2n) is 6.30. The van der Waals surface area contributed by atoms with Crippen molar-refractivity contribution < 1.29 is 34.0 Å². The van der Waals surface area contributed by atoms with E-state index in [0.717, 1.165) is 12.0 Å². The van der Waals surface area contributed by atoms with Crippen LogP contribution in [0.3, 0.4) is 0 Å². The molecule has 0 heterocycles. The van der Waals surface area contributed by atoms with E-state index in [1.54, 1.807) is 19.3 Å². The third-order valence-electron chi connectivity index (χ3n) is 4.25. The van der Waals surface area contributed by atoms with Gasteiger partial charge in [-0.2, -0.15) is 5.26 Å². The standard InChI is InChI=1S/C20H25NO7/c1-25-4-5-26-6-7-27-8-9-28-20(24)16(13-21)10-15-11-17(15)14-2-3-18(22)19(23)12-14/h2-3,10,12,15,17,22-23H,4-9,11H2,1H3/b16-10+. The second-order valence-corrected chi connectivity index (χ2v) is 6.30. The maximum absolute atomic E-state index is 12.0. The van der Waals surface area contributed by atoms with Crippen LogP contribution >= 0.6 is 0 Å². The Balaban J connectivity index is 1.69. The molecule has 0 saturated heterocycles. The number of carbonyl (C=O) groups excluding carboxylic acids is 1.